The molecule has 4 heteroatoms. The normalized spacial score (nSPS) is 12.9. The van der Waals surface area contributed by atoms with Crippen LogP contribution in [0.25, 0.3) is 0 Å². The quantitative estimate of drug-likeness (QED) is 0.833. The highest BCUT2D eigenvalue weighted by Gasteiger charge is 2.12. The van der Waals surface area contributed by atoms with Gasteiger partial charge in [-0.1, -0.05) is 6.92 Å². The maximum atomic E-state index is 13.1. The van der Waals surface area contributed by atoms with E-state index >= 15 is 0 Å². The molecule has 1 nitrogen and oxygen atoms in total. The number of nitrogens with two attached hydrogens (primary N) is 1. The van der Waals surface area contributed by atoms with E-state index in [2.05, 4.69) is 15.9 Å². The Morgan fingerprint density at radius 3 is 2.29 bits per heavy atom. The largest absolute Gasteiger partial charge is 0.330 e. The summed E-state index contributed by atoms with van der Waals surface area (Å²) in [6, 6.07) is 2.68. The maximum absolute atomic E-state index is 13.1. The van der Waals surface area contributed by atoms with Crippen LogP contribution in [0, 0.1) is 11.6 Å². The zero-order chi connectivity index (χ0) is 10.7. The Balaban J connectivity index is 3.00. The Bertz CT molecular complexity index is 305. The molecule has 0 spiro atoms. The summed E-state index contributed by atoms with van der Waals surface area (Å²) >= 11 is 2.83. The third-order valence-corrected chi connectivity index (χ3v) is 2.93. The molecular weight excluding hydrogens is 252 g/mol. The van der Waals surface area contributed by atoms with Crippen LogP contribution < -0.4 is 5.73 Å². The van der Waals surface area contributed by atoms with Crippen molar-refractivity contribution in [3.05, 3.63) is 33.8 Å². The Labute approximate surface area is 90.4 Å². The van der Waals surface area contributed by atoms with E-state index in [0.29, 0.717) is 12.1 Å². The van der Waals surface area contributed by atoms with E-state index < -0.39 is 11.6 Å². The highest BCUT2D eigenvalue weighted by Crippen LogP contribution is 2.26. The molecule has 1 aromatic carbocycles. The van der Waals surface area contributed by atoms with Crippen LogP contribution in [0.1, 0.15) is 24.8 Å². The summed E-state index contributed by atoms with van der Waals surface area (Å²) in [4.78, 5) is 0. The number of hydrogen-bond donors (Lipinski definition) is 1. The average Bonchev–Trinajstić information content (AvgIpc) is 2.13. The van der Waals surface area contributed by atoms with Gasteiger partial charge in [0, 0.05) is 0 Å². The predicted octanol–water partition coefficient (Wildman–Crippen LogP) is 3.18. The first-order chi connectivity index (χ1) is 6.56. The Morgan fingerprint density at radius 2 is 1.86 bits per heavy atom. The molecule has 0 bridgehead atoms. The van der Waals surface area contributed by atoms with Crippen molar-refractivity contribution in [1.29, 1.82) is 0 Å². The molecule has 14 heavy (non-hydrogen) atoms. The molecule has 78 valence electrons. The summed E-state index contributed by atoms with van der Waals surface area (Å²) in [6.45, 7) is 2.41. The molecule has 1 atom stereocenters. The Morgan fingerprint density at radius 1 is 1.36 bits per heavy atom. The van der Waals surface area contributed by atoms with Gasteiger partial charge >= 0.3 is 0 Å². The van der Waals surface area contributed by atoms with Crippen molar-refractivity contribution in [2.24, 2.45) is 5.73 Å². The third kappa shape index (κ3) is 2.51. The minimum Gasteiger partial charge on any atom is -0.330 e. The molecular formula is C10H12BrF2N. The zero-order valence-corrected chi connectivity index (χ0v) is 9.44. The third-order valence-electron chi connectivity index (χ3n) is 2.17. The van der Waals surface area contributed by atoms with Gasteiger partial charge < -0.3 is 5.73 Å². The molecule has 0 heterocycles. The van der Waals surface area contributed by atoms with Gasteiger partial charge in [-0.2, -0.15) is 0 Å². The van der Waals surface area contributed by atoms with Crippen LogP contribution in [-0.2, 0) is 0 Å². The molecule has 1 aromatic rings. The zero-order valence-electron chi connectivity index (χ0n) is 7.86. The van der Waals surface area contributed by atoms with Crippen LogP contribution in [-0.4, -0.2) is 6.54 Å². The molecule has 0 saturated heterocycles. The lowest BCUT2D eigenvalue weighted by Gasteiger charge is -2.11. The summed E-state index contributed by atoms with van der Waals surface area (Å²) in [6.07, 6.45) is 0.723. The number of benzene rings is 1. The van der Waals surface area contributed by atoms with Crippen molar-refractivity contribution in [1.82, 2.24) is 0 Å². The monoisotopic (exact) mass is 263 g/mol. The topological polar surface area (TPSA) is 26.0 Å². The van der Waals surface area contributed by atoms with Gasteiger partial charge in [0.25, 0.3) is 0 Å². The van der Waals surface area contributed by atoms with E-state index in [1.54, 1.807) is 0 Å². The minimum absolute atomic E-state index is 0.0806. The van der Waals surface area contributed by atoms with Crippen molar-refractivity contribution >= 4 is 15.9 Å². The fourth-order valence-electron chi connectivity index (χ4n) is 1.28. The second kappa shape index (κ2) is 4.84. The second-order valence-corrected chi connectivity index (χ2v) is 4.07. The first kappa shape index (κ1) is 11.6. The average molecular weight is 264 g/mol. The number of rotatable bonds is 3. The van der Waals surface area contributed by atoms with E-state index in [9.17, 15) is 8.78 Å². The molecule has 0 aliphatic rings. The van der Waals surface area contributed by atoms with Gasteiger partial charge in [0.2, 0.25) is 0 Å². The lowest BCUT2D eigenvalue weighted by molar-refractivity contribution is 0.561. The van der Waals surface area contributed by atoms with Crippen molar-refractivity contribution in [2.45, 2.75) is 19.3 Å². The minimum atomic E-state index is -0.566. The van der Waals surface area contributed by atoms with Gasteiger partial charge in [-0.15, -0.1) is 0 Å². The Hall–Kier alpha value is -0.480. The van der Waals surface area contributed by atoms with Gasteiger partial charge in [-0.05, 0) is 52.5 Å². The standard InChI is InChI=1S/C10H12BrF2N/c1-6(2-3-14)7-4-8(12)10(11)9(13)5-7/h4-6H,2-3,14H2,1H3. The van der Waals surface area contributed by atoms with Crippen molar-refractivity contribution < 1.29 is 8.78 Å². The van der Waals surface area contributed by atoms with Crippen LogP contribution in [0.15, 0.2) is 16.6 Å². The summed E-state index contributed by atoms with van der Waals surface area (Å²) in [5.41, 5.74) is 6.02. The molecule has 0 radical (unpaired) electrons. The van der Waals surface area contributed by atoms with Crippen molar-refractivity contribution in [3.63, 3.8) is 0 Å². The predicted molar refractivity (Wildman–Crippen MR) is 56.1 cm³/mol. The van der Waals surface area contributed by atoms with E-state index in [-0.39, 0.29) is 10.4 Å². The van der Waals surface area contributed by atoms with Crippen LogP contribution in [0.2, 0.25) is 0 Å². The summed E-state index contributed by atoms with van der Waals surface area (Å²) in [5, 5.41) is 0. The molecule has 1 rings (SSSR count). The molecule has 0 amide bonds. The summed E-state index contributed by atoms with van der Waals surface area (Å²) in [7, 11) is 0. The summed E-state index contributed by atoms with van der Waals surface area (Å²) in [5.74, 6) is -1.05. The number of halogens is 3. The van der Waals surface area contributed by atoms with Crippen LogP contribution in [0.3, 0.4) is 0 Å². The molecule has 2 N–H and O–H groups in total. The van der Waals surface area contributed by atoms with Crippen LogP contribution in [0.5, 0.6) is 0 Å². The van der Waals surface area contributed by atoms with Gasteiger partial charge in [-0.25, -0.2) is 8.78 Å². The highest BCUT2D eigenvalue weighted by atomic mass is 79.9. The second-order valence-electron chi connectivity index (χ2n) is 3.28. The number of hydrogen-bond acceptors (Lipinski definition) is 1. The molecule has 0 fully saturated rings. The van der Waals surface area contributed by atoms with Crippen LogP contribution >= 0.6 is 15.9 Å². The van der Waals surface area contributed by atoms with Gasteiger partial charge in [-0.3, -0.25) is 0 Å². The fourth-order valence-corrected chi connectivity index (χ4v) is 1.51. The van der Waals surface area contributed by atoms with Gasteiger partial charge in [0.15, 0.2) is 0 Å². The SMILES string of the molecule is CC(CCN)c1cc(F)c(Br)c(F)c1. The smallest absolute Gasteiger partial charge is 0.140 e. The Kier molecular flexibility index (Phi) is 4.01. The van der Waals surface area contributed by atoms with E-state index in [1.165, 1.54) is 12.1 Å². The summed E-state index contributed by atoms with van der Waals surface area (Å²) < 4.78 is 26.1. The molecule has 0 aromatic heterocycles. The van der Waals surface area contributed by atoms with Crippen LogP contribution in [0.4, 0.5) is 8.78 Å². The lowest BCUT2D eigenvalue weighted by Crippen LogP contribution is -2.05. The molecule has 0 aliphatic heterocycles. The first-order valence-electron chi connectivity index (χ1n) is 4.40. The van der Waals surface area contributed by atoms with E-state index in [1.807, 2.05) is 6.92 Å². The fraction of sp³-hybridized carbons (Fsp3) is 0.400. The molecule has 1 unspecified atom stereocenters. The first-order valence-corrected chi connectivity index (χ1v) is 5.20. The molecule has 0 aliphatic carbocycles. The highest BCUT2D eigenvalue weighted by molar-refractivity contribution is 9.10. The van der Waals surface area contributed by atoms with Crippen molar-refractivity contribution in [3.8, 4) is 0 Å². The lowest BCUT2D eigenvalue weighted by atomic mass is 9.98. The van der Waals surface area contributed by atoms with E-state index in [0.717, 1.165) is 6.42 Å². The van der Waals surface area contributed by atoms with Gasteiger partial charge in [0.1, 0.15) is 11.6 Å². The van der Waals surface area contributed by atoms with Gasteiger partial charge in [0.05, 0.1) is 4.47 Å². The van der Waals surface area contributed by atoms with E-state index in [4.69, 9.17) is 5.73 Å². The van der Waals surface area contributed by atoms with Crippen molar-refractivity contribution in [2.75, 3.05) is 6.54 Å². The maximum Gasteiger partial charge on any atom is 0.140 e. The molecule has 0 saturated carbocycles.